The fourth-order valence-corrected chi connectivity index (χ4v) is 5.15. The Hall–Kier alpha value is -2.47. The van der Waals surface area contributed by atoms with Crippen LogP contribution in [-0.2, 0) is 6.54 Å². The van der Waals surface area contributed by atoms with Gasteiger partial charge < -0.3 is 9.88 Å². The predicted octanol–water partition coefficient (Wildman–Crippen LogP) is 8.02. The van der Waals surface area contributed by atoms with Crippen molar-refractivity contribution in [2.24, 2.45) is 5.92 Å². The topological polar surface area (TPSA) is 46.9 Å². The van der Waals surface area contributed by atoms with Crippen molar-refractivity contribution < 1.29 is 4.79 Å². The van der Waals surface area contributed by atoms with E-state index in [1.165, 1.54) is 4.90 Å². The van der Waals surface area contributed by atoms with E-state index < -0.39 is 0 Å². The Morgan fingerprint density at radius 3 is 2.49 bits per heavy atom. The summed E-state index contributed by atoms with van der Waals surface area (Å²) in [4.78, 5) is 19.4. The maximum absolute atomic E-state index is 13.1. The molecule has 4 nitrogen and oxygen atoms in total. The van der Waals surface area contributed by atoms with Gasteiger partial charge in [-0.15, -0.1) is 11.8 Å². The monoisotopic (exact) mass is 525 g/mol. The van der Waals surface area contributed by atoms with Crippen molar-refractivity contribution in [3.63, 3.8) is 0 Å². The minimum absolute atomic E-state index is 0.120. The number of fused-ring (bicyclic) bond motifs is 1. The summed E-state index contributed by atoms with van der Waals surface area (Å²) in [5, 5.41) is 4.52. The number of imidazole rings is 1. The molecular formula is C28H29Cl2N3OS. The summed E-state index contributed by atoms with van der Waals surface area (Å²) in [5.74, 6) is 1.86. The molecule has 0 fully saturated rings. The van der Waals surface area contributed by atoms with Crippen LogP contribution in [0.4, 0.5) is 0 Å². The molecule has 35 heavy (non-hydrogen) atoms. The Kier molecular flexibility index (Phi) is 8.42. The van der Waals surface area contributed by atoms with Gasteiger partial charge in [0, 0.05) is 27.0 Å². The summed E-state index contributed by atoms with van der Waals surface area (Å²) in [6.07, 6.45) is 1.11. The Labute approximate surface area is 221 Å². The van der Waals surface area contributed by atoms with Crippen molar-refractivity contribution in [1.82, 2.24) is 14.9 Å². The van der Waals surface area contributed by atoms with Crippen LogP contribution in [0.2, 0.25) is 10.0 Å². The van der Waals surface area contributed by atoms with Gasteiger partial charge in [0.25, 0.3) is 5.91 Å². The zero-order valence-electron chi connectivity index (χ0n) is 20.1. The third-order valence-electron chi connectivity index (χ3n) is 5.79. The van der Waals surface area contributed by atoms with Crippen LogP contribution in [0.1, 0.15) is 55.0 Å². The van der Waals surface area contributed by atoms with Crippen LogP contribution in [0.25, 0.3) is 11.0 Å². The number of hydrogen-bond acceptors (Lipinski definition) is 3. The molecule has 1 amide bonds. The third-order valence-corrected chi connectivity index (χ3v) is 7.48. The number of benzene rings is 3. The summed E-state index contributed by atoms with van der Waals surface area (Å²) in [6.45, 7) is 6.98. The van der Waals surface area contributed by atoms with Gasteiger partial charge in [-0.2, -0.15) is 0 Å². The molecule has 0 spiro atoms. The van der Waals surface area contributed by atoms with Crippen molar-refractivity contribution >= 4 is 51.9 Å². The van der Waals surface area contributed by atoms with Crippen LogP contribution < -0.4 is 5.32 Å². The average Bonchev–Trinajstić information content (AvgIpc) is 3.18. The Balaban J connectivity index is 1.76. The SMILES string of the molecule is CCCSc1ccc2c(c1)nc(C(NC(=O)c1ccc(Cl)cc1)C(C)C)n2Cc1cccc(Cl)c1. The lowest BCUT2D eigenvalue weighted by molar-refractivity contribution is 0.0922. The molecule has 182 valence electrons. The van der Waals surface area contributed by atoms with E-state index in [4.69, 9.17) is 28.2 Å². The highest BCUT2D eigenvalue weighted by Gasteiger charge is 2.26. The van der Waals surface area contributed by atoms with Gasteiger partial charge in [0.1, 0.15) is 5.82 Å². The summed E-state index contributed by atoms with van der Waals surface area (Å²) >= 11 is 14.1. The number of thioether (sulfide) groups is 1. The lowest BCUT2D eigenvalue weighted by Crippen LogP contribution is -2.33. The number of nitrogens with zero attached hydrogens (tertiary/aromatic N) is 2. The summed E-state index contributed by atoms with van der Waals surface area (Å²) < 4.78 is 2.20. The van der Waals surface area contributed by atoms with E-state index >= 15 is 0 Å². The Morgan fingerprint density at radius 1 is 1.03 bits per heavy atom. The minimum Gasteiger partial charge on any atom is -0.342 e. The van der Waals surface area contributed by atoms with Crippen LogP contribution in [0.5, 0.6) is 0 Å². The molecule has 3 aromatic carbocycles. The Bertz CT molecular complexity index is 1320. The van der Waals surface area contributed by atoms with E-state index in [0.717, 1.165) is 34.6 Å². The molecule has 0 aliphatic heterocycles. The summed E-state index contributed by atoms with van der Waals surface area (Å²) in [7, 11) is 0. The first-order valence-electron chi connectivity index (χ1n) is 11.8. The Morgan fingerprint density at radius 2 is 1.80 bits per heavy atom. The van der Waals surface area contributed by atoms with Gasteiger partial charge in [-0.1, -0.05) is 56.1 Å². The second-order valence-electron chi connectivity index (χ2n) is 8.89. The first-order valence-corrected chi connectivity index (χ1v) is 13.5. The summed E-state index contributed by atoms with van der Waals surface area (Å²) in [6, 6.07) is 20.9. The number of hydrogen-bond donors (Lipinski definition) is 1. The van der Waals surface area contributed by atoms with E-state index in [9.17, 15) is 4.79 Å². The molecule has 0 aliphatic carbocycles. The lowest BCUT2D eigenvalue weighted by Gasteiger charge is -2.23. The zero-order chi connectivity index (χ0) is 24.9. The smallest absolute Gasteiger partial charge is 0.251 e. The van der Waals surface area contributed by atoms with Crippen molar-refractivity contribution in [3.05, 3.63) is 93.7 Å². The van der Waals surface area contributed by atoms with Gasteiger partial charge in [0.05, 0.1) is 17.1 Å². The number of carbonyl (C=O) groups is 1. The largest absolute Gasteiger partial charge is 0.342 e. The molecule has 0 aliphatic rings. The molecule has 7 heteroatoms. The molecule has 0 saturated carbocycles. The van der Waals surface area contributed by atoms with Crippen molar-refractivity contribution in [1.29, 1.82) is 0 Å². The molecule has 4 aromatic rings. The quantitative estimate of drug-likeness (QED) is 0.225. The molecule has 1 aromatic heterocycles. The number of halogens is 2. The number of aromatic nitrogens is 2. The van der Waals surface area contributed by atoms with E-state index in [1.54, 1.807) is 24.3 Å². The molecule has 1 atom stereocenters. The maximum Gasteiger partial charge on any atom is 0.251 e. The van der Waals surface area contributed by atoms with Crippen LogP contribution in [0.3, 0.4) is 0 Å². The van der Waals surface area contributed by atoms with Crippen LogP contribution in [-0.4, -0.2) is 21.2 Å². The molecular weight excluding hydrogens is 497 g/mol. The molecule has 1 N–H and O–H groups in total. The molecule has 4 rings (SSSR count). The molecule has 1 heterocycles. The van der Waals surface area contributed by atoms with Gasteiger partial charge in [0.15, 0.2) is 0 Å². The molecule has 1 unspecified atom stereocenters. The second-order valence-corrected chi connectivity index (χ2v) is 10.9. The number of nitrogens with one attached hydrogen (secondary N) is 1. The summed E-state index contributed by atoms with van der Waals surface area (Å²) in [5.41, 5.74) is 3.60. The average molecular weight is 527 g/mol. The van der Waals surface area contributed by atoms with Crippen LogP contribution in [0.15, 0.2) is 71.6 Å². The normalized spacial score (nSPS) is 12.3. The molecule has 0 radical (unpaired) electrons. The predicted molar refractivity (Wildman–Crippen MR) is 148 cm³/mol. The minimum atomic E-state index is -0.281. The van der Waals surface area contributed by atoms with E-state index in [1.807, 2.05) is 30.0 Å². The van der Waals surface area contributed by atoms with Gasteiger partial charge in [-0.05, 0) is 78.3 Å². The molecule has 0 saturated heterocycles. The fraction of sp³-hybridized carbons (Fsp3) is 0.286. The van der Waals surface area contributed by atoms with Crippen LogP contribution in [0, 0.1) is 5.92 Å². The maximum atomic E-state index is 13.1. The molecule has 0 bridgehead atoms. The van der Waals surface area contributed by atoms with E-state index in [0.29, 0.717) is 22.2 Å². The third kappa shape index (κ3) is 6.21. The highest BCUT2D eigenvalue weighted by Crippen LogP contribution is 2.30. The van der Waals surface area contributed by atoms with Crippen molar-refractivity contribution in [3.8, 4) is 0 Å². The number of amides is 1. The van der Waals surface area contributed by atoms with Gasteiger partial charge in [-0.25, -0.2) is 4.98 Å². The van der Waals surface area contributed by atoms with Crippen molar-refractivity contribution in [2.75, 3.05) is 5.75 Å². The van der Waals surface area contributed by atoms with Crippen molar-refractivity contribution in [2.45, 2.75) is 44.7 Å². The van der Waals surface area contributed by atoms with E-state index in [-0.39, 0.29) is 17.9 Å². The lowest BCUT2D eigenvalue weighted by atomic mass is 10.0. The van der Waals surface area contributed by atoms with Gasteiger partial charge in [-0.3, -0.25) is 4.79 Å². The first kappa shape index (κ1) is 25.6. The van der Waals surface area contributed by atoms with Crippen LogP contribution >= 0.6 is 35.0 Å². The number of rotatable bonds is 9. The van der Waals surface area contributed by atoms with Gasteiger partial charge >= 0.3 is 0 Å². The second kappa shape index (κ2) is 11.5. The van der Waals surface area contributed by atoms with Gasteiger partial charge in [0.2, 0.25) is 0 Å². The van der Waals surface area contributed by atoms with E-state index in [2.05, 4.69) is 54.9 Å². The number of carbonyl (C=O) groups excluding carboxylic acids is 1. The highest BCUT2D eigenvalue weighted by molar-refractivity contribution is 7.99. The zero-order valence-corrected chi connectivity index (χ0v) is 22.4. The highest BCUT2D eigenvalue weighted by atomic mass is 35.5. The standard InChI is InChI=1S/C28H29Cl2N3OS/c1-4-14-35-23-12-13-25-24(16-23)31-27(33(25)17-19-6-5-7-22(30)15-19)26(18(2)3)32-28(34)20-8-10-21(29)11-9-20/h5-13,15-16,18,26H,4,14,17H2,1-3H3,(H,32,34). The first-order chi connectivity index (χ1) is 16.9. The fourth-order valence-electron chi connectivity index (χ4n) is 4.01.